The summed E-state index contributed by atoms with van der Waals surface area (Å²) in [6.07, 6.45) is 1.28. The molecule has 0 bridgehead atoms. The van der Waals surface area contributed by atoms with Gasteiger partial charge in [-0.1, -0.05) is 37.3 Å². The van der Waals surface area contributed by atoms with E-state index >= 15 is 0 Å². The fourth-order valence-electron chi connectivity index (χ4n) is 4.19. The second-order valence-electron chi connectivity index (χ2n) is 9.03. The van der Waals surface area contributed by atoms with E-state index in [4.69, 9.17) is 0 Å². The predicted octanol–water partition coefficient (Wildman–Crippen LogP) is 5.45. The Morgan fingerprint density at radius 1 is 0.972 bits per heavy atom. The van der Waals surface area contributed by atoms with E-state index in [9.17, 15) is 14.0 Å². The van der Waals surface area contributed by atoms with E-state index in [1.165, 1.54) is 12.1 Å². The first-order valence-electron chi connectivity index (χ1n) is 12.1. The molecule has 0 atom stereocenters. The summed E-state index contributed by atoms with van der Waals surface area (Å²) in [7, 11) is 3.97. The maximum absolute atomic E-state index is 13.8. The summed E-state index contributed by atoms with van der Waals surface area (Å²) in [5, 5.41) is 6.18. The maximum atomic E-state index is 13.8. The molecule has 186 valence electrons. The largest absolute Gasteiger partial charge is 0.354 e. The highest BCUT2D eigenvalue weighted by Gasteiger charge is 2.28. The first-order chi connectivity index (χ1) is 17.4. The number of anilines is 3. The summed E-state index contributed by atoms with van der Waals surface area (Å²) in [6.45, 7) is 3.36. The third-order valence-corrected chi connectivity index (χ3v) is 6.02. The van der Waals surface area contributed by atoms with Crippen LogP contribution in [0.2, 0.25) is 0 Å². The average molecular weight is 487 g/mol. The minimum atomic E-state index is -0.406. The molecule has 1 aliphatic heterocycles. The fraction of sp³-hybridized carbons (Fsp3) is 0.241. The number of carbonyl (C=O) groups is 2. The number of halogens is 1. The van der Waals surface area contributed by atoms with Crippen molar-refractivity contribution in [1.29, 1.82) is 0 Å². The minimum absolute atomic E-state index is 0.0959. The number of amides is 2. The second-order valence-corrected chi connectivity index (χ2v) is 9.03. The third kappa shape index (κ3) is 5.63. The first kappa shape index (κ1) is 25.1. The number of likely N-dealkylation sites (N-methyl/N-ethyl adjacent to an activating group) is 1. The van der Waals surface area contributed by atoms with Crippen LogP contribution in [-0.4, -0.2) is 43.9 Å². The minimum Gasteiger partial charge on any atom is -0.354 e. The fourth-order valence-corrected chi connectivity index (χ4v) is 4.19. The average Bonchev–Trinajstić information content (AvgIpc) is 3.18. The van der Waals surface area contributed by atoms with E-state index in [-0.39, 0.29) is 11.8 Å². The molecule has 1 heterocycles. The van der Waals surface area contributed by atoms with Gasteiger partial charge in [0.1, 0.15) is 5.82 Å². The Bertz CT molecular complexity index is 1270. The Balaban J connectivity index is 1.69. The molecule has 0 radical (unpaired) electrons. The Labute approximate surface area is 211 Å². The van der Waals surface area contributed by atoms with E-state index < -0.39 is 5.82 Å². The molecular formula is C29H31FN4O2. The second kappa shape index (κ2) is 11.2. The first-order valence-corrected chi connectivity index (χ1v) is 12.1. The molecule has 0 aromatic heterocycles. The van der Waals surface area contributed by atoms with Crippen LogP contribution in [0.4, 0.5) is 21.5 Å². The summed E-state index contributed by atoms with van der Waals surface area (Å²) in [4.78, 5) is 29.6. The lowest BCUT2D eigenvalue weighted by Gasteiger charge is -2.25. The standard InChI is InChI=1S/C29H31FN4O2/c1-4-8-26(35)34(18-17-33(2)3)23-14-12-22(13-15-23)31-28(20-9-6-5-7-10-20)27-24-16-11-21(30)19-25(24)32-29(27)36/h5-7,9-16,19,31H,4,8,17-18H2,1-3H3,(H,32,36)/b28-27-. The van der Waals surface area contributed by atoms with Gasteiger partial charge < -0.3 is 20.4 Å². The van der Waals surface area contributed by atoms with E-state index in [0.29, 0.717) is 35.5 Å². The SMILES string of the molecule is CCCC(=O)N(CCN(C)C)c1ccc(N/C(=C2\C(=O)Nc3cc(F)ccc32)c2ccccc2)cc1. The molecule has 2 amide bonds. The smallest absolute Gasteiger partial charge is 0.258 e. The lowest BCUT2D eigenvalue weighted by atomic mass is 10.00. The quantitative estimate of drug-likeness (QED) is 0.395. The van der Waals surface area contributed by atoms with Crippen molar-refractivity contribution in [2.75, 3.05) is 42.7 Å². The van der Waals surface area contributed by atoms with Crippen LogP contribution in [0.15, 0.2) is 72.8 Å². The van der Waals surface area contributed by atoms with Gasteiger partial charge in [-0.05, 0) is 68.5 Å². The summed E-state index contributed by atoms with van der Waals surface area (Å²) < 4.78 is 13.8. The topological polar surface area (TPSA) is 64.7 Å². The number of hydrogen-bond acceptors (Lipinski definition) is 4. The van der Waals surface area contributed by atoms with Crippen molar-refractivity contribution >= 4 is 40.1 Å². The summed E-state index contributed by atoms with van der Waals surface area (Å²) in [5.41, 5.74) is 4.59. The van der Waals surface area contributed by atoms with Crippen LogP contribution < -0.4 is 15.5 Å². The molecule has 0 fully saturated rings. The van der Waals surface area contributed by atoms with Gasteiger partial charge in [-0.15, -0.1) is 0 Å². The van der Waals surface area contributed by atoms with Crippen molar-refractivity contribution in [2.45, 2.75) is 19.8 Å². The normalized spacial score (nSPS) is 13.9. The number of nitrogens with one attached hydrogen (secondary N) is 2. The van der Waals surface area contributed by atoms with E-state index in [2.05, 4.69) is 15.5 Å². The molecule has 0 spiro atoms. The van der Waals surface area contributed by atoms with Gasteiger partial charge in [0, 0.05) is 36.4 Å². The van der Waals surface area contributed by atoms with Crippen LogP contribution in [-0.2, 0) is 9.59 Å². The molecule has 6 nitrogen and oxygen atoms in total. The van der Waals surface area contributed by atoms with Gasteiger partial charge in [0.2, 0.25) is 5.91 Å². The van der Waals surface area contributed by atoms with Gasteiger partial charge in [-0.2, -0.15) is 0 Å². The Morgan fingerprint density at radius 2 is 1.69 bits per heavy atom. The van der Waals surface area contributed by atoms with E-state index in [1.807, 2.05) is 80.5 Å². The molecule has 7 heteroatoms. The molecular weight excluding hydrogens is 455 g/mol. The molecule has 3 aromatic rings. The van der Waals surface area contributed by atoms with Crippen LogP contribution in [0.3, 0.4) is 0 Å². The van der Waals surface area contributed by atoms with E-state index in [1.54, 1.807) is 6.07 Å². The number of benzene rings is 3. The van der Waals surface area contributed by atoms with Crippen molar-refractivity contribution in [3.05, 3.63) is 89.7 Å². The molecule has 0 unspecified atom stereocenters. The number of rotatable bonds is 9. The molecule has 0 saturated carbocycles. The summed E-state index contributed by atoms with van der Waals surface area (Å²) in [6, 6.07) is 21.5. The highest BCUT2D eigenvalue weighted by Crippen LogP contribution is 2.38. The monoisotopic (exact) mass is 486 g/mol. The molecule has 0 aliphatic carbocycles. The van der Waals surface area contributed by atoms with Gasteiger partial charge in [0.15, 0.2) is 0 Å². The molecule has 2 N–H and O–H groups in total. The van der Waals surface area contributed by atoms with Crippen molar-refractivity contribution in [2.24, 2.45) is 0 Å². The van der Waals surface area contributed by atoms with Gasteiger partial charge in [0.05, 0.1) is 17.0 Å². The van der Waals surface area contributed by atoms with Gasteiger partial charge >= 0.3 is 0 Å². The molecule has 4 rings (SSSR count). The van der Waals surface area contributed by atoms with Crippen LogP contribution in [0.5, 0.6) is 0 Å². The van der Waals surface area contributed by atoms with Crippen molar-refractivity contribution in [1.82, 2.24) is 4.90 Å². The highest BCUT2D eigenvalue weighted by molar-refractivity contribution is 6.37. The Morgan fingerprint density at radius 3 is 2.36 bits per heavy atom. The molecule has 3 aromatic carbocycles. The maximum Gasteiger partial charge on any atom is 0.258 e. The van der Waals surface area contributed by atoms with Crippen LogP contribution in [0.1, 0.15) is 30.9 Å². The van der Waals surface area contributed by atoms with Crippen molar-refractivity contribution < 1.29 is 14.0 Å². The molecule has 36 heavy (non-hydrogen) atoms. The Kier molecular flexibility index (Phi) is 7.80. The Hall–Kier alpha value is -3.97. The van der Waals surface area contributed by atoms with E-state index in [0.717, 1.165) is 29.9 Å². The zero-order chi connectivity index (χ0) is 25.7. The zero-order valence-corrected chi connectivity index (χ0v) is 20.8. The van der Waals surface area contributed by atoms with Crippen LogP contribution in [0, 0.1) is 5.82 Å². The number of fused-ring (bicyclic) bond motifs is 1. The van der Waals surface area contributed by atoms with Crippen molar-refractivity contribution in [3.63, 3.8) is 0 Å². The predicted molar refractivity (Wildman–Crippen MR) is 144 cm³/mol. The third-order valence-electron chi connectivity index (χ3n) is 6.02. The summed E-state index contributed by atoms with van der Waals surface area (Å²) in [5.74, 6) is -0.603. The highest BCUT2D eigenvalue weighted by atomic mass is 19.1. The number of carbonyl (C=O) groups excluding carboxylic acids is 2. The lowest BCUT2D eigenvalue weighted by Crippen LogP contribution is -2.36. The molecule has 1 aliphatic rings. The number of hydrogen-bond donors (Lipinski definition) is 2. The van der Waals surface area contributed by atoms with Gasteiger partial charge in [-0.3, -0.25) is 9.59 Å². The van der Waals surface area contributed by atoms with Crippen molar-refractivity contribution in [3.8, 4) is 0 Å². The summed E-state index contributed by atoms with van der Waals surface area (Å²) >= 11 is 0. The molecule has 0 saturated heterocycles. The van der Waals surface area contributed by atoms with Crippen LogP contribution >= 0.6 is 0 Å². The van der Waals surface area contributed by atoms with Gasteiger partial charge in [0.25, 0.3) is 5.91 Å². The van der Waals surface area contributed by atoms with Gasteiger partial charge in [-0.25, -0.2) is 4.39 Å². The zero-order valence-electron chi connectivity index (χ0n) is 20.8. The lowest BCUT2D eigenvalue weighted by molar-refractivity contribution is -0.118. The van der Waals surface area contributed by atoms with Crippen LogP contribution in [0.25, 0.3) is 11.3 Å². The number of nitrogens with zero attached hydrogens (tertiary/aromatic N) is 2.